The van der Waals surface area contributed by atoms with Crippen LogP contribution in [0, 0.1) is 12.7 Å². The highest BCUT2D eigenvalue weighted by molar-refractivity contribution is 9.10. The summed E-state index contributed by atoms with van der Waals surface area (Å²) < 4.78 is 42.5. The monoisotopic (exact) mass is 530 g/mol. The van der Waals surface area contributed by atoms with Crippen molar-refractivity contribution in [3.63, 3.8) is 0 Å². The second-order valence-corrected chi connectivity index (χ2v) is 11.2. The molecule has 3 aromatic rings. The first kappa shape index (κ1) is 23.6. The van der Waals surface area contributed by atoms with Gasteiger partial charge in [-0.05, 0) is 73.9 Å². The number of sulfonamides is 1. The quantitative estimate of drug-likeness (QED) is 0.447. The number of rotatable bonds is 6. The summed E-state index contributed by atoms with van der Waals surface area (Å²) in [6, 6.07) is 17.8. The van der Waals surface area contributed by atoms with Gasteiger partial charge in [-0.3, -0.25) is 4.79 Å². The minimum absolute atomic E-state index is 0.0440. The molecule has 0 saturated carbocycles. The van der Waals surface area contributed by atoms with E-state index in [4.69, 9.17) is 0 Å². The molecule has 0 radical (unpaired) electrons. The number of hydrogen-bond donors (Lipinski definition) is 0. The summed E-state index contributed by atoms with van der Waals surface area (Å²) in [5.74, 6) is -0.710. The molecule has 172 valence electrons. The van der Waals surface area contributed by atoms with Crippen LogP contribution >= 0.6 is 15.9 Å². The van der Waals surface area contributed by atoms with Crippen LogP contribution in [-0.4, -0.2) is 31.2 Å². The van der Waals surface area contributed by atoms with Crippen LogP contribution in [0.25, 0.3) is 0 Å². The topological polar surface area (TPSA) is 57.7 Å². The average molecular weight is 531 g/mol. The van der Waals surface area contributed by atoms with Crippen molar-refractivity contribution >= 4 is 37.5 Å². The fourth-order valence-electron chi connectivity index (χ4n) is 4.09. The lowest BCUT2D eigenvalue weighted by Gasteiger charge is -2.27. The van der Waals surface area contributed by atoms with Gasteiger partial charge in [-0.25, -0.2) is 12.8 Å². The predicted molar refractivity (Wildman–Crippen MR) is 130 cm³/mol. The number of benzene rings is 3. The molecule has 1 unspecified atom stereocenters. The summed E-state index contributed by atoms with van der Waals surface area (Å²) >= 11 is 3.46. The molecule has 1 atom stereocenters. The molecule has 0 bridgehead atoms. The first-order valence-electron chi connectivity index (χ1n) is 10.6. The lowest BCUT2D eigenvalue weighted by Crippen LogP contribution is -2.44. The van der Waals surface area contributed by atoms with Crippen molar-refractivity contribution in [2.24, 2.45) is 0 Å². The van der Waals surface area contributed by atoms with E-state index in [-0.39, 0.29) is 29.9 Å². The van der Waals surface area contributed by atoms with Crippen LogP contribution in [0.5, 0.6) is 0 Å². The average Bonchev–Trinajstić information content (AvgIpc) is 3.09. The molecular weight excluding hydrogens is 507 g/mol. The van der Waals surface area contributed by atoms with Gasteiger partial charge in [0.25, 0.3) is 0 Å². The molecule has 0 fully saturated rings. The summed E-state index contributed by atoms with van der Waals surface area (Å²) in [7, 11) is -3.97. The zero-order chi connectivity index (χ0) is 23.8. The highest BCUT2D eigenvalue weighted by Crippen LogP contribution is 2.34. The molecule has 3 aromatic carbocycles. The smallest absolute Gasteiger partial charge is 0.243 e. The third-order valence-corrected chi connectivity index (χ3v) is 8.07. The van der Waals surface area contributed by atoms with Gasteiger partial charge < -0.3 is 4.90 Å². The Bertz CT molecular complexity index is 1280. The van der Waals surface area contributed by atoms with Gasteiger partial charge in [0.2, 0.25) is 15.9 Å². The number of nitrogens with zero attached hydrogens (tertiary/aromatic N) is 2. The Kier molecular flexibility index (Phi) is 6.70. The lowest BCUT2D eigenvalue weighted by molar-refractivity contribution is -0.119. The van der Waals surface area contributed by atoms with E-state index in [1.807, 2.05) is 32.0 Å². The van der Waals surface area contributed by atoms with Gasteiger partial charge in [-0.2, -0.15) is 4.31 Å². The van der Waals surface area contributed by atoms with Crippen molar-refractivity contribution < 1.29 is 17.6 Å². The Hall–Kier alpha value is -2.55. The van der Waals surface area contributed by atoms with Crippen molar-refractivity contribution in [3.8, 4) is 0 Å². The summed E-state index contributed by atoms with van der Waals surface area (Å²) in [5, 5.41) is 0. The standard InChI is InChI=1S/C25H24BrFN2O3S/c1-17-3-10-23(11-4-17)33(31,32)28(15-19-5-8-22(27)9-6-19)16-25(30)29-18(2)13-20-14-21(26)7-12-24(20)29/h3-12,14,18H,13,15-16H2,1-2H3. The number of fused-ring (bicyclic) bond motifs is 1. The van der Waals surface area contributed by atoms with Gasteiger partial charge in [0.05, 0.1) is 11.4 Å². The highest BCUT2D eigenvalue weighted by Gasteiger charge is 2.34. The van der Waals surface area contributed by atoms with E-state index in [1.165, 1.54) is 36.4 Å². The van der Waals surface area contributed by atoms with Crippen molar-refractivity contribution in [3.05, 3.63) is 93.7 Å². The van der Waals surface area contributed by atoms with Gasteiger partial charge in [-0.15, -0.1) is 0 Å². The SMILES string of the molecule is Cc1ccc(S(=O)(=O)N(CC(=O)N2c3ccc(Br)cc3CC2C)Cc2ccc(F)cc2)cc1. The summed E-state index contributed by atoms with van der Waals surface area (Å²) in [6.45, 7) is 3.45. The number of carbonyl (C=O) groups excluding carboxylic acids is 1. The van der Waals surface area contributed by atoms with E-state index in [1.54, 1.807) is 17.0 Å². The lowest BCUT2D eigenvalue weighted by atomic mass is 10.1. The molecule has 1 aliphatic heterocycles. The van der Waals surface area contributed by atoms with Gasteiger partial charge in [0.1, 0.15) is 5.82 Å². The molecule has 0 aromatic heterocycles. The van der Waals surface area contributed by atoms with Gasteiger partial charge >= 0.3 is 0 Å². The largest absolute Gasteiger partial charge is 0.308 e. The van der Waals surface area contributed by atoms with Crippen LogP contribution in [0.4, 0.5) is 10.1 Å². The van der Waals surface area contributed by atoms with E-state index in [0.29, 0.717) is 12.0 Å². The number of carbonyl (C=O) groups is 1. The molecular formula is C25H24BrFN2O3S. The predicted octanol–water partition coefficient (Wildman–Crippen LogP) is 5.07. The van der Waals surface area contributed by atoms with E-state index >= 15 is 0 Å². The van der Waals surface area contributed by atoms with Crippen LogP contribution in [0.3, 0.4) is 0 Å². The number of anilines is 1. The van der Waals surface area contributed by atoms with Crippen molar-refractivity contribution in [2.75, 3.05) is 11.4 Å². The molecule has 1 heterocycles. The summed E-state index contributed by atoms with van der Waals surface area (Å²) in [6.07, 6.45) is 0.698. The first-order valence-corrected chi connectivity index (χ1v) is 12.8. The van der Waals surface area contributed by atoms with E-state index in [0.717, 1.165) is 25.6 Å². The maximum atomic E-state index is 13.5. The molecule has 0 saturated heterocycles. The highest BCUT2D eigenvalue weighted by atomic mass is 79.9. The van der Waals surface area contributed by atoms with Gasteiger partial charge in [-0.1, -0.05) is 45.8 Å². The molecule has 0 aliphatic carbocycles. The molecule has 8 heteroatoms. The molecule has 5 nitrogen and oxygen atoms in total. The Morgan fingerprint density at radius 1 is 1.09 bits per heavy atom. The van der Waals surface area contributed by atoms with Gasteiger partial charge in [0.15, 0.2) is 0 Å². The van der Waals surface area contributed by atoms with Gasteiger partial charge in [0, 0.05) is 22.7 Å². The molecule has 4 rings (SSSR count). The third kappa shape index (κ3) is 5.03. The number of amides is 1. The third-order valence-electron chi connectivity index (χ3n) is 5.77. The van der Waals surface area contributed by atoms with Crippen molar-refractivity contribution in [1.29, 1.82) is 0 Å². The van der Waals surface area contributed by atoms with Crippen LogP contribution in [-0.2, 0) is 27.8 Å². The minimum Gasteiger partial charge on any atom is -0.308 e. The van der Waals surface area contributed by atoms with Crippen LogP contribution in [0.15, 0.2) is 76.1 Å². The fraction of sp³-hybridized carbons (Fsp3) is 0.240. The molecule has 0 spiro atoms. The maximum absolute atomic E-state index is 13.5. The molecule has 33 heavy (non-hydrogen) atoms. The Morgan fingerprint density at radius 2 is 1.76 bits per heavy atom. The van der Waals surface area contributed by atoms with Crippen LogP contribution in [0.1, 0.15) is 23.6 Å². The minimum atomic E-state index is -3.97. The Morgan fingerprint density at radius 3 is 2.42 bits per heavy atom. The fourth-order valence-corrected chi connectivity index (χ4v) is 5.87. The van der Waals surface area contributed by atoms with E-state index < -0.39 is 15.8 Å². The van der Waals surface area contributed by atoms with Crippen molar-refractivity contribution in [1.82, 2.24) is 4.31 Å². The second-order valence-electron chi connectivity index (χ2n) is 8.30. The molecule has 1 aliphatic rings. The van der Waals surface area contributed by atoms with Crippen LogP contribution in [0.2, 0.25) is 0 Å². The first-order chi connectivity index (χ1) is 15.6. The molecule has 1 amide bonds. The van der Waals surface area contributed by atoms with Crippen LogP contribution < -0.4 is 4.90 Å². The Balaban J connectivity index is 1.67. The van der Waals surface area contributed by atoms with E-state index in [9.17, 15) is 17.6 Å². The zero-order valence-electron chi connectivity index (χ0n) is 18.3. The molecule has 0 N–H and O–H groups in total. The number of aryl methyl sites for hydroxylation is 1. The normalized spacial score (nSPS) is 15.7. The maximum Gasteiger partial charge on any atom is 0.243 e. The van der Waals surface area contributed by atoms with Crippen molar-refractivity contribution in [2.45, 2.75) is 37.8 Å². The number of hydrogen-bond acceptors (Lipinski definition) is 3. The zero-order valence-corrected chi connectivity index (χ0v) is 20.7. The number of halogens is 2. The second kappa shape index (κ2) is 9.37. The summed E-state index contributed by atoms with van der Waals surface area (Å²) in [5.41, 5.74) is 3.37. The van der Waals surface area contributed by atoms with E-state index in [2.05, 4.69) is 15.9 Å². The summed E-state index contributed by atoms with van der Waals surface area (Å²) in [4.78, 5) is 15.2. The Labute approximate surface area is 202 Å².